The van der Waals surface area contributed by atoms with E-state index in [0.717, 1.165) is 51.0 Å². The predicted molar refractivity (Wildman–Crippen MR) is 95.1 cm³/mol. The third-order valence-corrected chi connectivity index (χ3v) is 5.98. The molecule has 0 bridgehead atoms. The fourth-order valence-corrected chi connectivity index (χ4v) is 4.42. The minimum atomic E-state index is -0.171. The second-order valence-corrected chi connectivity index (χ2v) is 7.66. The number of methoxy groups -OCH3 is 1. The van der Waals surface area contributed by atoms with Crippen molar-refractivity contribution in [3.8, 4) is 0 Å². The van der Waals surface area contributed by atoms with Crippen molar-refractivity contribution in [2.24, 2.45) is 16.1 Å². The molecule has 1 spiro atoms. The second-order valence-electron chi connectivity index (χ2n) is 7.66. The lowest BCUT2D eigenvalue weighted by Crippen LogP contribution is -2.54. The number of allylic oxidation sites excluding steroid dienone is 1. The Morgan fingerprint density at radius 2 is 2.00 bits per heavy atom. The topological polar surface area (TPSA) is 71.2 Å². The molecule has 24 heavy (non-hydrogen) atoms. The van der Waals surface area contributed by atoms with Crippen molar-refractivity contribution < 1.29 is 9.53 Å². The summed E-state index contributed by atoms with van der Waals surface area (Å²) in [4.78, 5) is 20.8. The van der Waals surface area contributed by atoms with E-state index in [4.69, 9.17) is 10.5 Å². The number of hydrogen-bond donors (Lipinski definition) is 1. The number of rotatable bonds is 3. The van der Waals surface area contributed by atoms with Gasteiger partial charge < -0.3 is 20.3 Å². The van der Waals surface area contributed by atoms with Crippen molar-refractivity contribution >= 4 is 12.3 Å². The van der Waals surface area contributed by atoms with Crippen LogP contribution in [0.3, 0.4) is 0 Å². The van der Waals surface area contributed by atoms with Gasteiger partial charge in [-0.05, 0) is 56.2 Å². The Bertz CT molecular complexity index is 517. The number of ether oxygens (including phenoxy) is 1. The molecule has 2 aliphatic heterocycles. The zero-order chi connectivity index (χ0) is 17.2. The maximum atomic E-state index is 11.7. The number of piperidine rings is 1. The third kappa shape index (κ3) is 3.58. The molecule has 0 atom stereocenters. The lowest BCUT2D eigenvalue weighted by atomic mass is 9.64. The first kappa shape index (κ1) is 17.3. The quantitative estimate of drug-likeness (QED) is 0.802. The fourth-order valence-electron chi connectivity index (χ4n) is 4.42. The minimum absolute atomic E-state index is 0.171. The average Bonchev–Trinajstić information content (AvgIpc) is 3.04. The Morgan fingerprint density at radius 1 is 1.29 bits per heavy atom. The lowest BCUT2D eigenvalue weighted by molar-refractivity contribution is -0.00376. The molecule has 1 amide bonds. The summed E-state index contributed by atoms with van der Waals surface area (Å²) in [5, 5.41) is 0. The minimum Gasteiger partial charge on any atom is -0.453 e. The molecule has 2 saturated heterocycles. The van der Waals surface area contributed by atoms with Gasteiger partial charge in [-0.25, -0.2) is 4.79 Å². The number of nitrogens with zero attached hydrogens (tertiary/aromatic N) is 3. The molecular weight excluding hydrogens is 304 g/mol. The molecule has 6 nitrogen and oxygen atoms in total. The van der Waals surface area contributed by atoms with E-state index in [1.807, 2.05) is 18.0 Å². The van der Waals surface area contributed by atoms with Crippen LogP contribution < -0.4 is 5.73 Å². The number of nitrogens with two attached hydrogens (primary N) is 1. The van der Waals surface area contributed by atoms with Gasteiger partial charge in [-0.2, -0.15) is 0 Å². The van der Waals surface area contributed by atoms with Crippen LogP contribution in [0.4, 0.5) is 4.79 Å². The van der Waals surface area contributed by atoms with Crippen LogP contribution in [0.5, 0.6) is 0 Å². The summed E-state index contributed by atoms with van der Waals surface area (Å²) in [5.74, 6) is 0. The van der Waals surface area contributed by atoms with Gasteiger partial charge in [-0.15, -0.1) is 0 Å². The highest BCUT2D eigenvalue weighted by Gasteiger charge is 2.51. The molecule has 0 aromatic rings. The zero-order valence-electron chi connectivity index (χ0n) is 14.9. The van der Waals surface area contributed by atoms with Gasteiger partial charge in [0.15, 0.2) is 0 Å². The molecule has 0 aromatic heterocycles. The summed E-state index contributed by atoms with van der Waals surface area (Å²) in [6, 6.07) is 1.13. The van der Waals surface area contributed by atoms with Gasteiger partial charge in [0.05, 0.1) is 13.2 Å². The average molecular weight is 334 g/mol. The lowest BCUT2D eigenvalue weighted by Gasteiger charge is -2.51. The third-order valence-electron chi connectivity index (χ3n) is 5.98. The highest BCUT2D eigenvalue weighted by molar-refractivity contribution is 5.77. The van der Waals surface area contributed by atoms with E-state index in [1.54, 1.807) is 6.20 Å². The summed E-state index contributed by atoms with van der Waals surface area (Å²) in [6.07, 6.45) is 9.18. The van der Waals surface area contributed by atoms with Gasteiger partial charge >= 0.3 is 6.09 Å². The van der Waals surface area contributed by atoms with Crippen molar-refractivity contribution in [3.63, 3.8) is 0 Å². The summed E-state index contributed by atoms with van der Waals surface area (Å²) >= 11 is 0. The molecule has 3 rings (SSSR count). The molecule has 0 radical (unpaired) electrons. The van der Waals surface area contributed by atoms with Crippen LogP contribution in [0.25, 0.3) is 0 Å². The number of carbonyl (C=O) groups excluding carboxylic acids is 1. The van der Waals surface area contributed by atoms with Crippen LogP contribution in [0.1, 0.15) is 39.0 Å². The van der Waals surface area contributed by atoms with Crippen LogP contribution in [0.15, 0.2) is 16.8 Å². The molecule has 1 saturated carbocycles. The van der Waals surface area contributed by atoms with E-state index in [1.165, 1.54) is 20.0 Å². The van der Waals surface area contributed by atoms with Crippen molar-refractivity contribution in [2.45, 2.75) is 51.1 Å². The van der Waals surface area contributed by atoms with E-state index in [-0.39, 0.29) is 6.09 Å². The Morgan fingerprint density at radius 3 is 2.62 bits per heavy atom. The van der Waals surface area contributed by atoms with Gasteiger partial charge in [0.2, 0.25) is 0 Å². The molecule has 134 valence electrons. The number of carbonyl (C=O) groups is 1. The maximum absolute atomic E-state index is 11.7. The summed E-state index contributed by atoms with van der Waals surface area (Å²) in [7, 11) is 1.47. The molecule has 6 heteroatoms. The molecule has 3 fully saturated rings. The van der Waals surface area contributed by atoms with Crippen LogP contribution >= 0.6 is 0 Å². The van der Waals surface area contributed by atoms with Gasteiger partial charge in [0, 0.05) is 38.4 Å². The van der Waals surface area contributed by atoms with E-state index in [2.05, 4.69) is 9.89 Å². The molecule has 3 aliphatic rings. The molecule has 2 heterocycles. The Kier molecular flexibility index (Phi) is 5.13. The highest BCUT2D eigenvalue weighted by Crippen LogP contribution is 2.50. The van der Waals surface area contributed by atoms with Crippen LogP contribution in [-0.4, -0.2) is 67.5 Å². The normalized spacial score (nSPS) is 32.5. The van der Waals surface area contributed by atoms with Gasteiger partial charge in [-0.3, -0.25) is 4.99 Å². The van der Waals surface area contributed by atoms with Crippen molar-refractivity contribution in [3.05, 3.63) is 11.8 Å². The van der Waals surface area contributed by atoms with Crippen molar-refractivity contribution in [1.29, 1.82) is 0 Å². The van der Waals surface area contributed by atoms with E-state index < -0.39 is 0 Å². The smallest absolute Gasteiger partial charge is 0.409 e. The van der Waals surface area contributed by atoms with Gasteiger partial charge in [-0.1, -0.05) is 0 Å². The molecular formula is C18H30N4O2. The molecule has 0 aromatic carbocycles. The van der Waals surface area contributed by atoms with Crippen LogP contribution in [0.2, 0.25) is 0 Å². The number of likely N-dealkylation sites (tertiary alicyclic amines) is 2. The molecule has 2 N–H and O–H groups in total. The van der Waals surface area contributed by atoms with E-state index in [9.17, 15) is 4.79 Å². The summed E-state index contributed by atoms with van der Waals surface area (Å²) in [5.41, 5.74) is 6.86. The Labute approximate surface area is 144 Å². The van der Waals surface area contributed by atoms with Crippen LogP contribution in [0, 0.1) is 5.41 Å². The van der Waals surface area contributed by atoms with Crippen molar-refractivity contribution in [2.75, 3.05) is 33.3 Å². The van der Waals surface area contributed by atoms with E-state index >= 15 is 0 Å². The van der Waals surface area contributed by atoms with E-state index in [0.29, 0.717) is 17.5 Å². The SMILES string of the molecule is COC(=O)N1CCC2(CC(N3CCC(N=CC(C)=CN)CC3)C2)C1. The standard InChI is InChI=1S/C18H30N4O2/c1-14(11-19)12-20-15-3-6-21(7-4-15)16-9-18(10-16)5-8-22(13-18)17(23)24-2/h11-12,15-16H,3-10,13,19H2,1-2H3. The molecule has 1 aliphatic carbocycles. The monoisotopic (exact) mass is 334 g/mol. The highest BCUT2D eigenvalue weighted by atomic mass is 16.5. The number of amides is 1. The number of aliphatic imine (C=N–C) groups is 1. The maximum Gasteiger partial charge on any atom is 0.409 e. The first-order valence-corrected chi connectivity index (χ1v) is 9.04. The van der Waals surface area contributed by atoms with Gasteiger partial charge in [0.25, 0.3) is 0 Å². The van der Waals surface area contributed by atoms with Crippen molar-refractivity contribution in [1.82, 2.24) is 9.80 Å². The summed E-state index contributed by atoms with van der Waals surface area (Å²) < 4.78 is 4.85. The Balaban J connectivity index is 1.42. The zero-order valence-corrected chi connectivity index (χ0v) is 14.9. The Hall–Kier alpha value is -1.56. The fraction of sp³-hybridized carbons (Fsp3) is 0.778. The van der Waals surface area contributed by atoms with Gasteiger partial charge in [0.1, 0.15) is 0 Å². The molecule has 0 unspecified atom stereocenters. The second kappa shape index (κ2) is 7.13. The first-order chi connectivity index (χ1) is 11.5. The first-order valence-electron chi connectivity index (χ1n) is 9.04. The summed E-state index contributed by atoms with van der Waals surface area (Å²) in [6.45, 7) is 5.97. The predicted octanol–water partition coefficient (Wildman–Crippen LogP) is 2.00. The largest absolute Gasteiger partial charge is 0.453 e. The number of hydrogen-bond acceptors (Lipinski definition) is 5. The van der Waals surface area contributed by atoms with Crippen LogP contribution in [-0.2, 0) is 4.74 Å².